The predicted molar refractivity (Wildman–Crippen MR) is 54.4 cm³/mol. The van der Waals surface area contributed by atoms with Crippen molar-refractivity contribution in [2.24, 2.45) is 0 Å². The number of thioether (sulfide) groups is 1. The lowest BCUT2D eigenvalue weighted by Gasteiger charge is -2.00. The first-order valence-electron chi connectivity index (χ1n) is 3.80. The van der Waals surface area contributed by atoms with E-state index in [4.69, 9.17) is 12.6 Å². The highest BCUT2D eigenvalue weighted by molar-refractivity contribution is 7.99. The minimum absolute atomic E-state index is 0.787. The van der Waals surface area contributed by atoms with Crippen molar-refractivity contribution in [3.05, 3.63) is 24.3 Å². The van der Waals surface area contributed by atoms with Gasteiger partial charge in [-0.15, -0.1) is 11.8 Å². The molecular formula is C9H11BOS. The van der Waals surface area contributed by atoms with Crippen molar-refractivity contribution in [3.63, 3.8) is 0 Å². The van der Waals surface area contributed by atoms with Crippen LogP contribution in [0.2, 0.25) is 0 Å². The van der Waals surface area contributed by atoms with E-state index in [0.717, 1.165) is 17.8 Å². The Hall–Kier alpha value is -0.405. The molecule has 0 aliphatic carbocycles. The third-order valence-electron chi connectivity index (χ3n) is 1.44. The fourth-order valence-corrected chi connectivity index (χ4v) is 1.62. The Morgan fingerprint density at radius 1 is 1.33 bits per heavy atom. The third kappa shape index (κ3) is 3.33. The van der Waals surface area contributed by atoms with Crippen LogP contribution in [0.3, 0.4) is 0 Å². The lowest BCUT2D eigenvalue weighted by atomic mass is 9.97. The zero-order chi connectivity index (χ0) is 8.81. The molecule has 0 saturated heterocycles. The van der Waals surface area contributed by atoms with Gasteiger partial charge in [-0.1, -0.05) is 17.6 Å². The Bertz CT molecular complexity index is 222. The van der Waals surface area contributed by atoms with Crippen LogP contribution in [0.5, 0.6) is 0 Å². The normalized spacial score (nSPS) is 10.1. The standard InChI is InChI=1S/C9H11BOS/c1-11-6-7-12-9-4-2-8(10)3-5-9/h2-5H,6-7H2,1H3. The number of ether oxygens (including phenoxy) is 1. The number of rotatable bonds is 4. The molecule has 0 amide bonds. The van der Waals surface area contributed by atoms with Crippen molar-refractivity contribution in [2.45, 2.75) is 4.90 Å². The summed E-state index contributed by atoms with van der Waals surface area (Å²) in [6.45, 7) is 0.787. The van der Waals surface area contributed by atoms with Gasteiger partial charge in [0.25, 0.3) is 0 Å². The molecule has 0 aromatic heterocycles. The van der Waals surface area contributed by atoms with Crippen LogP contribution in [0, 0.1) is 0 Å². The Balaban J connectivity index is 2.37. The van der Waals surface area contributed by atoms with Crippen LogP contribution in [-0.4, -0.2) is 27.3 Å². The summed E-state index contributed by atoms with van der Waals surface area (Å²) in [5, 5.41) is 0. The van der Waals surface area contributed by atoms with Crippen molar-refractivity contribution in [2.75, 3.05) is 19.5 Å². The van der Waals surface area contributed by atoms with Gasteiger partial charge in [-0.3, -0.25) is 0 Å². The summed E-state index contributed by atoms with van der Waals surface area (Å²) in [6.07, 6.45) is 0. The van der Waals surface area contributed by atoms with Gasteiger partial charge in [-0.25, -0.2) is 0 Å². The van der Waals surface area contributed by atoms with Crippen LogP contribution >= 0.6 is 11.8 Å². The monoisotopic (exact) mass is 178 g/mol. The number of methoxy groups -OCH3 is 1. The van der Waals surface area contributed by atoms with Crippen molar-refractivity contribution in [1.29, 1.82) is 0 Å². The van der Waals surface area contributed by atoms with Gasteiger partial charge in [0.2, 0.25) is 0 Å². The van der Waals surface area contributed by atoms with E-state index in [1.54, 1.807) is 18.9 Å². The van der Waals surface area contributed by atoms with Crippen LogP contribution in [0.1, 0.15) is 0 Å². The molecule has 3 heteroatoms. The Labute approximate surface area is 78.9 Å². The summed E-state index contributed by atoms with van der Waals surface area (Å²) in [4.78, 5) is 1.24. The third-order valence-corrected chi connectivity index (χ3v) is 2.41. The maximum atomic E-state index is 5.55. The van der Waals surface area contributed by atoms with E-state index in [1.165, 1.54) is 4.90 Å². The molecule has 0 saturated carbocycles. The second kappa shape index (κ2) is 5.28. The van der Waals surface area contributed by atoms with Gasteiger partial charge in [0.1, 0.15) is 7.85 Å². The number of benzene rings is 1. The maximum Gasteiger partial charge on any atom is 0.113 e. The maximum absolute atomic E-state index is 5.55. The molecule has 0 unspecified atom stereocenters. The molecule has 1 nitrogen and oxygen atoms in total. The molecule has 1 aromatic rings. The second-order valence-electron chi connectivity index (χ2n) is 2.41. The summed E-state index contributed by atoms with van der Waals surface area (Å²) < 4.78 is 4.94. The highest BCUT2D eigenvalue weighted by Crippen LogP contribution is 2.15. The minimum atomic E-state index is 0.787. The van der Waals surface area contributed by atoms with E-state index in [9.17, 15) is 0 Å². The van der Waals surface area contributed by atoms with E-state index in [-0.39, 0.29) is 0 Å². The molecule has 0 atom stereocenters. The van der Waals surface area contributed by atoms with Crippen LogP contribution in [0.15, 0.2) is 29.2 Å². The first-order valence-corrected chi connectivity index (χ1v) is 4.79. The van der Waals surface area contributed by atoms with Crippen LogP contribution in [0.4, 0.5) is 0 Å². The van der Waals surface area contributed by atoms with Gasteiger partial charge in [-0.2, -0.15) is 0 Å². The average Bonchev–Trinajstić information content (AvgIpc) is 2.09. The fraction of sp³-hybridized carbons (Fsp3) is 0.333. The van der Waals surface area contributed by atoms with Gasteiger partial charge >= 0.3 is 0 Å². The Morgan fingerprint density at radius 2 is 2.00 bits per heavy atom. The fourth-order valence-electron chi connectivity index (χ4n) is 0.807. The Morgan fingerprint density at radius 3 is 2.58 bits per heavy atom. The van der Waals surface area contributed by atoms with Gasteiger partial charge < -0.3 is 4.74 Å². The molecule has 62 valence electrons. The molecule has 1 aromatic carbocycles. The average molecular weight is 178 g/mol. The van der Waals surface area contributed by atoms with Crippen molar-refractivity contribution in [1.82, 2.24) is 0 Å². The van der Waals surface area contributed by atoms with E-state index in [2.05, 4.69) is 0 Å². The largest absolute Gasteiger partial charge is 0.384 e. The van der Waals surface area contributed by atoms with Gasteiger partial charge in [0.15, 0.2) is 0 Å². The molecule has 0 spiro atoms. The summed E-state index contributed by atoms with van der Waals surface area (Å²) in [5.74, 6) is 0.987. The minimum Gasteiger partial charge on any atom is -0.384 e. The second-order valence-corrected chi connectivity index (χ2v) is 3.58. The summed E-state index contributed by atoms with van der Waals surface area (Å²) >= 11 is 1.77. The van der Waals surface area contributed by atoms with Crippen molar-refractivity contribution in [3.8, 4) is 0 Å². The molecule has 0 N–H and O–H groups in total. The number of hydrogen-bond acceptors (Lipinski definition) is 2. The van der Waals surface area contributed by atoms with Gasteiger partial charge in [0.05, 0.1) is 6.61 Å². The molecule has 0 heterocycles. The SMILES string of the molecule is [B]c1ccc(SCCOC)cc1. The first kappa shape index (κ1) is 9.68. The number of hydrogen-bond donors (Lipinski definition) is 0. The quantitative estimate of drug-likeness (QED) is 0.389. The zero-order valence-electron chi connectivity index (χ0n) is 7.12. The van der Waals surface area contributed by atoms with E-state index in [1.807, 2.05) is 24.3 Å². The first-order chi connectivity index (χ1) is 5.83. The van der Waals surface area contributed by atoms with Crippen molar-refractivity contribution >= 4 is 25.1 Å². The van der Waals surface area contributed by atoms with Crippen LogP contribution < -0.4 is 5.46 Å². The molecule has 0 aliphatic heterocycles. The lowest BCUT2D eigenvalue weighted by Crippen LogP contribution is -1.99. The topological polar surface area (TPSA) is 9.23 Å². The van der Waals surface area contributed by atoms with E-state index in [0.29, 0.717) is 0 Å². The van der Waals surface area contributed by atoms with Gasteiger partial charge in [0, 0.05) is 17.8 Å². The van der Waals surface area contributed by atoms with Crippen LogP contribution in [0.25, 0.3) is 0 Å². The Kier molecular flexibility index (Phi) is 4.26. The lowest BCUT2D eigenvalue weighted by molar-refractivity contribution is 0.218. The van der Waals surface area contributed by atoms with Crippen LogP contribution in [-0.2, 0) is 4.74 Å². The molecule has 0 bridgehead atoms. The van der Waals surface area contributed by atoms with E-state index >= 15 is 0 Å². The van der Waals surface area contributed by atoms with Crippen molar-refractivity contribution < 1.29 is 4.74 Å². The molecular weight excluding hydrogens is 167 g/mol. The summed E-state index contributed by atoms with van der Waals surface area (Å²) in [6, 6.07) is 7.87. The predicted octanol–water partition coefficient (Wildman–Crippen LogP) is 1.22. The smallest absolute Gasteiger partial charge is 0.113 e. The molecule has 0 aliphatic rings. The molecule has 12 heavy (non-hydrogen) atoms. The summed E-state index contributed by atoms with van der Waals surface area (Å²) in [7, 11) is 7.26. The molecule has 1 rings (SSSR count). The highest BCUT2D eigenvalue weighted by Gasteiger charge is 1.91. The summed E-state index contributed by atoms with van der Waals surface area (Å²) in [5.41, 5.74) is 0.811. The molecule has 2 radical (unpaired) electrons. The van der Waals surface area contributed by atoms with E-state index < -0.39 is 0 Å². The molecule has 0 fully saturated rings. The van der Waals surface area contributed by atoms with Gasteiger partial charge in [-0.05, 0) is 12.1 Å². The zero-order valence-corrected chi connectivity index (χ0v) is 7.93. The highest BCUT2D eigenvalue weighted by atomic mass is 32.2.